The zero-order chi connectivity index (χ0) is 12.0. The molecule has 1 atom stereocenters. The summed E-state index contributed by atoms with van der Waals surface area (Å²) in [7, 11) is 0. The Morgan fingerprint density at radius 1 is 1.31 bits per heavy atom. The van der Waals surface area contributed by atoms with Crippen LogP contribution in [0.25, 0.3) is 0 Å². The maximum absolute atomic E-state index is 4.10. The van der Waals surface area contributed by atoms with Gasteiger partial charge < -0.3 is 5.32 Å². The monoisotopic (exact) mass is 223 g/mol. The molecule has 1 fully saturated rings. The van der Waals surface area contributed by atoms with Crippen molar-refractivity contribution in [3.05, 3.63) is 12.2 Å². The van der Waals surface area contributed by atoms with E-state index in [1.807, 2.05) is 0 Å². The Balaban J connectivity index is 2.67. The Labute approximate surface area is 102 Å². The van der Waals surface area contributed by atoms with Crippen molar-refractivity contribution in [3.8, 4) is 0 Å². The highest BCUT2D eigenvalue weighted by atomic mass is 14.9. The van der Waals surface area contributed by atoms with Gasteiger partial charge in [-0.2, -0.15) is 0 Å². The molecule has 0 aromatic rings. The summed E-state index contributed by atoms with van der Waals surface area (Å²) in [5.74, 6) is 0. The van der Waals surface area contributed by atoms with Gasteiger partial charge in [0.1, 0.15) is 0 Å². The van der Waals surface area contributed by atoms with Crippen LogP contribution in [0.4, 0.5) is 0 Å². The molecule has 0 radical (unpaired) electrons. The molecular formula is C15H29N. The van der Waals surface area contributed by atoms with Gasteiger partial charge in [-0.15, -0.1) is 6.58 Å². The van der Waals surface area contributed by atoms with Gasteiger partial charge in [0.05, 0.1) is 0 Å². The van der Waals surface area contributed by atoms with Crippen molar-refractivity contribution >= 4 is 0 Å². The van der Waals surface area contributed by atoms with Crippen molar-refractivity contribution in [1.82, 2.24) is 5.32 Å². The molecule has 0 aromatic heterocycles. The number of rotatable bonds is 7. The average molecular weight is 223 g/mol. The first-order valence-corrected chi connectivity index (χ1v) is 7.02. The van der Waals surface area contributed by atoms with E-state index in [-0.39, 0.29) is 0 Å². The van der Waals surface area contributed by atoms with Crippen LogP contribution in [0, 0.1) is 5.41 Å². The summed E-state index contributed by atoms with van der Waals surface area (Å²) in [6, 6.07) is 0.664. The topological polar surface area (TPSA) is 12.0 Å². The highest BCUT2D eigenvalue weighted by molar-refractivity contribution is 5.01. The second-order valence-corrected chi connectivity index (χ2v) is 5.59. The van der Waals surface area contributed by atoms with Crippen LogP contribution in [0.3, 0.4) is 0 Å². The minimum atomic E-state index is 0.564. The lowest BCUT2D eigenvalue weighted by atomic mass is 9.74. The van der Waals surface area contributed by atoms with Gasteiger partial charge in [0.15, 0.2) is 0 Å². The molecule has 1 aliphatic carbocycles. The molecule has 0 bridgehead atoms. The average Bonchev–Trinajstić information content (AvgIpc) is 2.73. The van der Waals surface area contributed by atoms with Gasteiger partial charge >= 0.3 is 0 Å². The second kappa shape index (κ2) is 6.44. The summed E-state index contributed by atoms with van der Waals surface area (Å²) in [6.45, 7) is 12.0. The van der Waals surface area contributed by atoms with Gasteiger partial charge in [-0.3, -0.25) is 0 Å². The van der Waals surface area contributed by atoms with Crippen LogP contribution in [0.15, 0.2) is 12.2 Å². The lowest BCUT2D eigenvalue weighted by molar-refractivity contribution is 0.184. The second-order valence-electron chi connectivity index (χ2n) is 5.59. The molecule has 0 aromatic carbocycles. The van der Waals surface area contributed by atoms with Crippen LogP contribution < -0.4 is 5.32 Å². The van der Waals surface area contributed by atoms with E-state index in [1.165, 1.54) is 44.1 Å². The zero-order valence-electron chi connectivity index (χ0n) is 11.4. The number of nitrogens with one attached hydrogen (secondary N) is 1. The molecule has 1 unspecified atom stereocenters. The van der Waals surface area contributed by atoms with E-state index in [0.29, 0.717) is 11.5 Å². The van der Waals surface area contributed by atoms with Crippen molar-refractivity contribution in [1.29, 1.82) is 0 Å². The molecule has 0 heterocycles. The lowest BCUT2D eigenvalue weighted by Gasteiger charge is -2.38. The SMILES string of the molecule is C=C(C)CC(NCCC)C1(CC)CCCC1. The summed E-state index contributed by atoms with van der Waals surface area (Å²) in [5.41, 5.74) is 1.89. The molecule has 0 aliphatic heterocycles. The maximum atomic E-state index is 4.10. The van der Waals surface area contributed by atoms with E-state index >= 15 is 0 Å². The third kappa shape index (κ3) is 3.35. The molecule has 1 nitrogen and oxygen atoms in total. The lowest BCUT2D eigenvalue weighted by Crippen LogP contribution is -2.44. The van der Waals surface area contributed by atoms with Gasteiger partial charge in [0.2, 0.25) is 0 Å². The van der Waals surface area contributed by atoms with E-state index in [2.05, 4.69) is 32.7 Å². The first-order chi connectivity index (χ1) is 7.64. The quantitative estimate of drug-likeness (QED) is 0.635. The normalized spacial score (nSPS) is 20.9. The minimum Gasteiger partial charge on any atom is -0.313 e. The zero-order valence-corrected chi connectivity index (χ0v) is 11.4. The van der Waals surface area contributed by atoms with E-state index in [4.69, 9.17) is 0 Å². The molecule has 1 rings (SSSR count). The predicted octanol–water partition coefficient (Wildman–Crippen LogP) is 4.29. The van der Waals surface area contributed by atoms with Gasteiger partial charge in [-0.1, -0.05) is 32.3 Å². The van der Waals surface area contributed by atoms with Gasteiger partial charge in [-0.25, -0.2) is 0 Å². The fourth-order valence-corrected chi connectivity index (χ4v) is 3.20. The largest absolute Gasteiger partial charge is 0.313 e. The third-order valence-corrected chi connectivity index (χ3v) is 4.24. The standard InChI is InChI=1S/C15H29N/c1-5-11-16-14(12-13(3)4)15(6-2)9-7-8-10-15/h14,16H,3,5-12H2,1-2,4H3. The van der Waals surface area contributed by atoms with E-state index in [0.717, 1.165) is 13.0 Å². The Morgan fingerprint density at radius 3 is 2.38 bits per heavy atom. The Morgan fingerprint density at radius 2 is 1.94 bits per heavy atom. The minimum absolute atomic E-state index is 0.564. The summed E-state index contributed by atoms with van der Waals surface area (Å²) in [6.07, 6.45) is 9.39. The summed E-state index contributed by atoms with van der Waals surface area (Å²) in [5, 5.41) is 3.77. The molecule has 0 amide bonds. The van der Waals surface area contributed by atoms with Crippen LogP contribution >= 0.6 is 0 Å². The predicted molar refractivity (Wildman–Crippen MR) is 72.7 cm³/mol. The Hall–Kier alpha value is -0.300. The third-order valence-electron chi connectivity index (χ3n) is 4.24. The maximum Gasteiger partial charge on any atom is 0.0160 e. The number of hydrogen-bond donors (Lipinski definition) is 1. The Bertz CT molecular complexity index is 213. The van der Waals surface area contributed by atoms with Gasteiger partial charge in [0, 0.05) is 6.04 Å². The van der Waals surface area contributed by atoms with Crippen molar-refractivity contribution < 1.29 is 0 Å². The van der Waals surface area contributed by atoms with Gasteiger partial charge in [0.25, 0.3) is 0 Å². The van der Waals surface area contributed by atoms with Crippen molar-refractivity contribution in [2.45, 2.75) is 71.8 Å². The fraction of sp³-hybridized carbons (Fsp3) is 0.867. The summed E-state index contributed by atoms with van der Waals surface area (Å²) < 4.78 is 0. The van der Waals surface area contributed by atoms with E-state index in [1.54, 1.807) is 0 Å². The molecule has 0 saturated heterocycles. The molecule has 1 N–H and O–H groups in total. The first kappa shape index (κ1) is 13.8. The summed E-state index contributed by atoms with van der Waals surface area (Å²) >= 11 is 0. The number of hydrogen-bond acceptors (Lipinski definition) is 1. The fourth-order valence-electron chi connectivity index (χ4n) is 3.20. The van der Waals surface area contributed by atoms with Crippen LogP contribution in [0.1, 0.15) is 65.7 Å². The molecule has 0 spiro atoms. The van der Waals surface area contributed by atoms with E-state index in [9.17, 15) is 0 Å². The Kier molecular flexibility index (Phi) is 5.54. The molecule has 94 valence electrons. The molecular weight excluding hydrogens is 194 g/mol. The molecule has 1 aliphatic rings. The first-order valence-electron chi connectivity index (χ1n) is 7.02. The van der Waals surface area contributed by atoms with Crippen molar-refractivity contribution in [3.63, 3.8) is 0 Å². The van der Waals surface area contributed by atoms with Crippen LogP contribution in [-0.2, 0) is 0 Å². The van der Waals surface area contributed by atoms with Crippen LogP contribution in [0.5, 0.6) is 0 Å². The van der Waals surface area contributed by atoms with Crippen molar-refractivity contribution in [2.75, 3.05) is 6.54 Å². The molecule has 1 heteroatoms. The molecule has 16 heavy (non-hydrogen) atoms. The highest BCUT2D eigenvalue weighted by Gasteiger charge is 2.38. The van der Waals surface area contributed by atoms with Gasteiger partial charge in [-0.05, 0) is 51.0 Å². The van der Waals surface area contributed by atoms with Crippen molar-refractivity contribution in [2.24, 2.45) is 5.41 Å². The summed E-state index contributed by atoms with van der Waals surface area (Å²) in [4.78, 5) is 0. The van der Waals surface area contributed by atoms with Crippen LogP contribution in [0.2, 0.25) is 0 Å². The smallest absolute Gasteiger partial charge is 0.0160 e. The highest BCUT2D eigenvalue weighted by Crippen LogP contribution is 2.45. The van der Waals surface area contributed by atoms with E-state index < -0.39 is 0 Å². The molecule has 1 saturated carbocycles. The van der Waals surface area contributed by atoms with Crippen LogP contribution in [-0.4, -0.2) is 12.6 Å².